The molecule has 1 aliphatic rings. The first-order valence-electron chi connectivity index (χ1n) is 7.52. The van der Waals surface area contributed by atoms with E-state index in [0.29, 0.717) is 11.8 Å². The van der Waals surface area contributed by atoms with Gasteiger partial charge in [0.1, 0.15) is 0 Å². The molecule has 0 aromatic heterocycles. The number of benzene rings is 1. The molecule has 0 amide bonds. The first kappa shape index (κ1) is 14.5. The van der Waals surface area contributed by atoms with Crippen molar-refractivity contribution < 1.29 is 4.74 Å². The molecule has 19 heavy (non-hydrogen) atoms. The summed E-state index contributed by atoms with van der Waals surface area (Å²) in [4.78, 5) is 0. The average molecular weight is 261 g/mol. The molecular weight excluding hydrogens is 234 g/mol. The zero-order valence-electron chi connectivity index (χ0n) is 12.5. The van der Waals surface area contributed by atoms with Crippen molar-refractivity contribution in [3.63, 3.8) is 0 Å². The van der Waals surface area contributed by atoms with Gasteiger partial charge in [0.15, 0.2) is 0 Å². The van der Waals surface area contributed by atoms with Gasteiger partial charge in [0, 0.05) is 5.41 Å². The molecule has 0 spiro atoms. The van der Waals surface area contributed by atoms with Crippen LogP contribution in [0.25, 0.3) is 0 Å². The van der Waals surface area contributed by atoms with Gasteiger partial charge >= 0.3 is 0 Å². The number of rotatable bonds is 6. The highest BCUT2D eigenvalue weighted by molar-refractivity contribution is 5.33. The summed E-state index contributed by atoms with van der Waals surface area (Å²) < 4.78 is 5.52. The maximum Gasteiger partial charge on any atom is 0.0588 e. The topological polar surface area (TPSA) is 35.2 Å². The molecule has 2 N–H and O–H groups in total. The Kier molecular flexibility index (Phi) is 4.64. The van der Waals surface area contributed by atoms with Crippen molar-refractivity contribution in [1.82, 2.24) is 0 Å². The molecule has 2 nitrogen and oxygen atoms in total. The van der Waals surface area contributed by atoms with Gasteiger partial charge < -0.3 is 10.5 Å². The standard InChI is InChI=1S/C17H27NO/c1-4-13(2)15-5-7-16(8-6-15)17(11-19-12-17)14(3)9-10-18/h5-8,13-14H,4,9-12,18H2,1-3H3. The quantitative estimate of drug-likeness (QED) is 0.851. The van der Waals surface area contributed by atoms with E-state index >= 15 is 0 Å². The number of ether oxygens (including phenoxy) is 1. The molecule has 0 radical (unpaired) electrons. The van der Waals surface area contributed by atoms with Crippen LogP contribution in [0.1, 0.15) is 50.7 Å². The third-order valence-corrected chi connectivity index (χ3v) is 4.93. The molecule has 0 bridgehead atoms. The van der Waals surface area contributed by atoms with Gasteiger partial charge in [-0.25, -0.2) is 0 Å². The van der Waals surface area contributed by atoms with Crippen LogP contribution in [-0.2, 0) is 10.2 Å². The second kappa shape index (κ2) is 6.06. The highest BCUT2D eigenvalue weighted by Gasteiger charge is 2.44. The first-order chi connectivity index (χ1) is 9.14. The lowest BCUT2D eigenvalue weighted by molar-refractivity contribution is -0.0883. The molecule has 1 aromatic rings. The Hall–Kier alpha value is -0.860. The normalized spacial score (nSPS) is 20.6. The Morgan fingerprint density at radius 1 is 1.21 bits per heavy atom. The molecule has 0 aliphatic carbocycles. The molecule has 2 heteroatoms. The van der Waals surface area contributed by atoms with Gasteiger partial charge in [0.05, 0.1) is 13.2 Å². The number of nitrogens with two attached hydrogens (primary N) is 1. The van der Waals surface area contributed by atoms with E-state index in [1.165, 1.54) is 17.5 Å². The first-order valence-corrected chi connectivity index (χ1v) is 7.52. The molecule has 1 aromatic carbocycles. The fraction of sp³-hybridized carbons (Fsp3) is 0.647. The van der Waals surface area contributed by atoms with Crippen LogP contribution in [0.5, 0.6) is 0 Å². The molecular formula is C17H27NO. The smallest absolute Gasteiger partial charge is 0.0588 e. The van der Waals surface area contributed by atoms with Crippen LogP contribution < -0.4 is 5.73 Å². The molecule has 2 atom stereocenters. The molecule has 0 saturated carbocycles. The summed E-state index contributed by atoms with van der Waals surface area (Å²) in [6, 6.07) is 9.19. The zero-order chi connectivity index (χ0) is 13.9. The molecule has 2 rings (SSSR count). The van der Waals surface area contributed by atoms with Gasteiger partial charge in [-0.05, 0) is 42.3 Å². The minimum Gasteiger partial charge on any atom is -0.379 e. The summed E-state index contributed by atoms with van der Waals surface area (Å²) in [7, 11) is 0. The van der Waals surface area contributed by atoms with Crippen LogP contribution in [0.4, 0.5) is 0 Å². The lowest BCUT2D eigenvalue weighted by Crippen LogP contribution is -2.52. The lowest BCUT2D eigenvalue weighted by Gasteiger charge is -2.46. The Bertz CT molecular complexity index is 394. The van der Waals surface area contributed by atoms with Crippen molar-refractivity contribution in [3.8, 4) is 0 Å². The maximum absolute atomic E-state index is 5.72. The fourth-order valence-corrected chi connectivity index (χ4v) is 2.96. The summed E-state index contributed by atoms with van der Waals surface area (Å²) in [5.74, 6) is 1.23. The van der Waals surface area contributed by atoms with Crippen LogP contribution in [0.2, 0.25) is 0 Å². The van der Waals surface area contributed by atoms with Gasteiger partial charge in [0.25, 0.3) is 0 Å². The van der Waals surface area contributed by atoms with Gasteiger partial charge in [-0.15, -0.1) is 0 Å². The van der Waals surface area contributed by atoms with E-state index in [-0.39, 0.29) is 5.41 Å². The van der Waals surface area contributed by atoms with Crippen molar-refractivity contribution in [2.75, 3.05) is 19.8 Å². The van der Waals surface area contributed by atoms with Crippen LogP contribution in [0, 0.1) is 5.92 Å². The van der Waals surface area contributed by atoms with Crippen LogP contribution in [0.15, 0.2) is 24.3 Å². The van der Waals surface area contributed by atoms with Gasteiger partial charge in [0.2, 0.25) is 0 Å². The Balaban J connectivity index is 2.20. The second-order valence-corrected chi connectivity index (χ2v) is 6.06. The fourth-order valence-electron chi connectivity index (χ4n) is 2.96. The van der Waals surface area contributed by atoms with E-state index in [1.54, 1.807) is 0 Å². The van der Waals surface area contributed by atoms with Crippen molar-refractivity contribution in [3.05, 3.63) is 35.4 Å². The zero-order valence-corrected chi connectivity index (χ0v) is 12.5. The minimum atomic E-state index is 0.202. The molecule has 1 heterocycles. The van der Waals surface area contributed by atoms with E-state index in [4.69, 9.17) is 10.5 Å². The van der Waals surface area contributed by atoms with Crippen LogP contribution in [-0.4, -0.2) is 19.8 Å². The van der Waals surface area contributed by atoms with E-state index in [1.807, 2.05) is 0 Å². The summed E-state index contributed by atoms with van der Waals surface area (Å²) in [5, 5.41) is 0. The summed E-state index contributed by atoms with van der Waals surface area (Å²) in [6.07, 6.45) is 2.26. The molecule has 1 fully saturated rings. The highest BCUT2D eigenvalue weighted by atomic mass is 16.5. The molecule has 106 valence electrons. The van der Waals surface area contributed by atoms with Crippen molar-refractivity contribution in [1.29, 1.82) is 0 Å². The minimum absolute atomic E-state index is 0.202. The van der Waals surface area contributed by atoms with Crippen molar-refractivity contribution in [2.24, 2.45) is 11.7 Å². The van der Waals surface area contributed by atoms with E-state index in [2.05, 4.69) is 45.0 Å². The van der Waals surface area contributed by atoms with Gasteiger partial charge in [-0.1, -0.05) is 45.0 Å². The van der Waals surface area contributed by atoms with E-state index < -0.39 is 0 Å². The largest absolute Gasteiger partial charge is 0.379 e. The Morgan fingerprint density at radius 3 is 2.26 bits per heavy atom. The molecule has 2 unspecified atom stereocenters. The van der Waals surface area contributed by atoms with Gasteiger partial charge in [-0.2, -0.15) is 0 Å². The molecule has 1 saturated heterocycles. The predicted molar refractivity (Wildman–Crippen MR) is 80.5 cm³/mol. The predicted octanol–water partition coefficient (Wildman–Crippen LogP) is 3.45. The van der Waals surface area contributed by atoms with Gasteiger partial charge in [-0.3, -0.25) is 0 Å². The van der Waals surface area contributed by atoms with Crippen molar-refractivity contribution in [2.45, 2.75) is 44.9 Å². The van der Waals surface area contributed by atoms with E-state index in [0.717, 1.165) is 26.2 Å². The van der Waals surface area contributed by atoms with E-state index in [9.17, 15) is 0 Å². The highest BCUT2D eigenvalue weighted by Crippen LogP contribution is 2.41. The number of hydrogen-bond acceptors (Lipinski definition) is 2. The van der Waals surface area contributed by atoms with Crippen molar-refractivity contribution >= 4 is 0 Å². The average Bonchev–Trinajstić information content (AvgIpc) is 2.38. The Labute approximate surface area is 117 Å². The third kappa shape index (κ3) is 2.70. The number of hydrogen-bond donors (Lipinski definition) is 1. The Morgan fingerprint density at radius 2 is 1.84 bits per heavy atom. The lowest BCUT2D eigenvalue weighted by atomic mass is 9.68. The molecule has 1 aliphatic heterocycles. The second-order valence-electron chi connectivity index (χ2n) is 6.06. The summed E-state index contributed by atoms with van der Waals surface area (Å²) >= 11 is 0. The monoisotopic (exact) mass is 261 g/mol. The SMILES string of the molecule is CCC(C)c1ccc(C2(C(C)CCN)COC2)cc1. The van der Waals surface area contributed by atoms with Crippen LogP contribution >= 0.6 is 0 Å². The summed E-state index contributed by atoms with van der Waals surface area (Å²) in [5.41, 5.74) is 8.79. The van der Waals surface area contributed by atoms with Crippen LogP contribution in [0.3, 0.4) is 0 Å². The summed E-state index contributed by atoms with van der Waals surface area (Å²) in [6.45, 7) is 9.27. The third-order valence-electron chi connectivity index (χ3n) is 4.93. The maximum atomic E-state index is 5.72.